The number of carbonyl (C=O) groups is 2. The van der Waals surface area contributed by atoms with E-state index >= 15 is 0 Å². The molecule has 0 aliphatic carbocycles. The van der Waals surface area contributed by atoms with E-state index in [9.17, 15) is 14.0 Å². The fourth-order valence-corrected chi connectivity index (χ4v) is 3.09. The fourth-order valence-electron chi connectivity index (χ4n) is 2.37. The van der Waals surface area contributed by atoms with E-state index in [2.05, 4.69) is 15.5 Å². The van der Waals surface area contributed by atoms with Crippen molar-refractivity contribution in [3.63, 3.8) is 0 Å². The van der Waals surface area contributed by atoms with Crippen molar-refractivity contribution in [1.82, 2.24) is 14.8 Å². The third kappa shape index (κ3) is 4.32. The minimum Gasteiger partial charge on any atom is -0.478 e. The van der Waals surface area contributed by atoms with Gasteiger partial charge >= 0.3 is 5.97 Å². The van der Waals surface area contributed by atoms with Crippen LogP contribution in [0.2, 0.25) is 0 Å². The van der Waals surface area contributed by atoms with Gasteiger partial charge in [-0.15, -0.1) is 10.2 Å². The number of amides is 1. The van der Waals surface area contributed by atoms with E-state index in [1.165, 1.54) is 18.2 Å². The summed E-state index contributed by atoms with van der Waals surface area (Å²) in [6, 6.07) is 12.2. The number of aromatic nitrogens is 3. The van der Waals surface area contributed by atoms with Gasteiger partial charge in [0, 0.05) is 12.7 Å². The van der Waals surface area contributed by atoms with Crippen molar-refractivity contribution in [3.8, 4) is 11.4 Å². The molecule has 2 aromatic carbocycles. The van der Waals surface area contributed by atoms with Crippen LogP contribution in [0.1, 0.15) is 10.4 Å². The van der Waals surface area contributed by atoms with Crippen LogP contribution in [-0.4, -0.2) is 37.5 Å². The summed E-state index contributed by atoms with van der Waals surface area (Å²) in [5.41, 5.74) is 0.808. The van der Waals surface area contributed by atoms with Gasteiger partial charge in [0.25, 0.3) is 0 Å². The quantitative estimate of drug-likeness (QED) is 0.632. The molecule has 0 saturated carbocycles. The standard InChI is InChI=1S/C18H15FN4O3S/c1-23-16(13-7-2-3-8-14(13)19)21-22-18(23)27-10-15(24)20-12-6-4-5-11(9-12)17(25)26/h2-9H,10H2,1H3,(H,20,24)(H,25,26). The first-order valence-corrected chi connectivity index (χ1v) is 8.84. The zero-order chi connectivity index (χ0) is 19.4. The highest BCUT2D eigenvalue weighted by atomic mass is 32.2. The van der Waals surface area contributed by atoms with Crippen LogP contribution in [0.25, 0.3) is 11.4 Å². The van der Waals surface area contributed by atoms with Gasteiger partial charge in [-0.2, -0.15) is 0 Å². The summed E-state index contributed by atoms with van der Waals surface area (Å²) in [6.45, 7) is 0. The summed E-state index contributed by atoms with van der Waals surface area (Å²) in [4.78, 5) is 23.1. The zero-order valence-corrected chi connectivity index (χ0v) is 15.0. The highest BCUT2D eigenvalue weighted by Crippen LogP contribution is 2.24. The molecule has 0 fully saturated rings. The second kappa shape index (κ2) is 8.00. The molecule has 0 aliphatic rings. The molecule has 0 saturated heterocycles. The molecule has 0 aliphatic heterocycles. The largest absolute Gasteiger partial charge is 0.478 e. The van der Waals surface area contributed by atoms with Crippen LogP contribution in [0.15, 0.2) is 53.7 Å². The number of benzene rings is 2. The number of carboxylic acids is 1. The van der Waals surface area contributed by atoms with E-state index in [0.717, 1.165) is 11.8 Å². The first-order valence-electron chi connectivity index (χ1n) is 7.86. The molecule has 1 amide bonds. The summed E-state index contributed by atoms with van der Waals surface area (Å²) < 4.78 is 15.5. The van der Waals surface area contributed by atoms with Crippen molar-refractivity contribution in [3.05, 3.63) is 59.9 Å². The number of nitrogens with one attached hydrogen (secondary N) is 1. The Hall–Kier alpha value is -3.20. The number of anilines is 1. The highest BCUT2D eigenvalue weighted by molar-refractivity contribution is 7.99. The number of aromatic carboxylic acids is 1. The molecule has 2 N–H and O–H groups in total. The minimum atomic E-state index is -1.07. The van der Waals surface area contributed by atoms with Crippen LogP contribution in [0.5, 0.6) is 0 Å². The average Bonchev–Trinajstić information content (AvgIpc) is 3.01. The molecule has 27 heavy (non-hydrogen) atoms. The average molecular weight is 386 g/mol. The molecule has 7 nitrogen and oxygen atoms in total. The summed E-state index contributed by atoms with van der Waals surface area (Å²) in [5.74, 6) is -1.38. The SMILES string of the molecule is Cn1c(SCC(=O)Nc2cccc(C(=O)O)c2)nnc1-c1ccccc1F. The van der Waals surface area contributed by atoms with Gasteiger partial charge in [0.15, 0.2) is 11.0 Å². The Morgan fingerprint density at radius 2 is 1.96 bits per heavy atom. The molecule has 0 radical (unpaired) electrons. The number of carbonyl (C=O) groups excluding carboxylic acids is 1. The molecule has 0 atom stereocenters. The lowest BCUT2D eigenvalue weighted by atomic mass is 10.2. The maximum atomic E-state index is 13.9. The molecule has 3 rings (SSSR count). The van der Waals surface area contributed by atoms with E-state index in [0.29, 0.717) is 22.2 Å². The molecular weight excluding hydrogens is 371 g/mol. The number of hydrogen-bond acceptors (Lipinski definition) is 5. The smallest absolute Gasteiger partial charge is 0.335 e. The Balaban J connectivity index is 1.65. The summed E-state index contributed by atoms with van der Waals surface area (Å²) in [7, 11) is 1.69. The van der Waals surface area contributed by atoms with Gasteiger partial charge in [-0.1, -0.05) is 30.0 Å². The molecule has 138 valence electrons. The van der Waals surface area contributed by atoms with Crippen LogP contribution < -0.4 is 5.32 Å². The third-order valence-corrected chi connectivity index (χ3v) is 4.70. The van der Waals surface area contributed by atoms with E-state index in [-0.39, 0.29) is 17.2 Å². The number of hydrogen-bond donors (Lipinski definition) is 2. The van der Waals surface area contributed by atoms with Gasteiger partial charge in [0.2, 0.25) is 5.91 Å². The Bertz CT molecular complexity index is 1010. The van der Waals surface area contributed by atoms with E-state index in [1.54, 1.807) is 41.9 Å². The molecule has 9 heteroatoms. The second-order valence-electron chi connectivity index (χ2n) is 5.57. The van der Waals surface area contributed by atoms with Crippen LogP contribution in [-0.2, 0) is 11.8 Å². The van der Waals surface area contributed by atoms with Gasteiger partial charge in [-0.05, 0) is 30.3 Å². The number of thioether (sulfide) groups is 1. The van der Waals surface area contributed by atoms with Crippen LogP contribution >= 0.6 is 11.8 Å². The second-order valence-corrected chi connectivity index (χ2v) is 6.51. The van der Waals surface area contributed by atoms with Gasteiger partial charge in [0.05, 0.1) is 16.9 Å². The van der Waals surface area contributed by atoms with E-state index < -0.39 is 11.8 Å². The predicted molar refractivity (Wildman–Crippen MR) is 99.2 cm³/mol. The van der Waals surface area contributed by atoms with Gasteiger partial charge in [0.1, 0.15) is 5.82 Å². The number of nitrogens with zero attached hydrogens (tertiary/aromatic N) is 3. The van der Waals surface area contributed by atoms with Gasteiger partial charge in [-0.25, -0.2) is 9.18 Å². The highest BCUT2D eigenvalue weighted by Gasteiger charge is 2.15. The minimum absolute atomic E-state index is 0.0422. The number of carboxylic acid groups (broad SMARTS) is 1. The lowest BCUT2D eigenvalue weighted by Gasteiger charge is -2.06. The first-order chi connectivity index (χ1) is 13.0. The van der Waals surface area contributed by atoms with Crippen molar-refractivity contribution < 1.29 is 19.1 Å². The molecular formula is C18H15FN4O3S. The molecule has 3 aromatic rings. The van der Waals surface area contributed by atoms with Crippen LogP contribution in [0.4, 0.5) is 10.1 Å². The predicted octanol–water partition coefficient (Wildman–Crippen LogP) is 3.05. The molecule has 0 bridgehead atoms. The molecule has 0 unspecified atom stereocenters. The zero-order valence-electron chi connectivity index (χ0n) is 14.2. The maximum Gasteiger partial charge on any atom is 0.335 e. The van der Waals surface area contributed by atoms with Crippen LogP contribution in [0.3, 0.4) is 0 Å². The van der Waals surface area contributed by atoms with Gasteiger partial charge in [-0.3, -0.25) is 4.79 Å². The lowest BCUT2D eigenvalue weighted by molar-refractivity contribution is -0.113. The van der Waals surface area contributed by atoms with E-state index in [1.807, 2.05) is 0 Å². The lowest BCUT2D eigenvalue weighted by Crippen LogP contribution is -2.15. The Morgan fingerprint density at radius 1 is 1.19 bits per heavy atom. The molecule has 1 heterocycles. The van der Waals surface area contributed by atoms with E-state index in [4.69, 9.17) is 5.11 Å². The Morgan fingerprint density at radius 3 is 2.70 bits per heavy atom. The summed E-state index contributed by atoms with van der Waals surface area (Å²) >= 11 is 1.14. The van der Waals surface area contributed by atoms with Gasteiger partial charge < -0.3 is 15.0 Å². The number of halogens is 1. The molecule has 1 aromatic heterocycles. The van der Waals surface area contributed by atoms with Crippen molar-refractivity contribution in [2.75, 3.05) is 11.1 Å². The topological polar surface area (TPSA) is 97.1 Å². The van der Waals surface area contributed by atoms with Crippen molar-refractivity contribution in [2.24, 2.45) is 7.05 Å². The summed E-state index contributed by atoms with van der Waals surface area (Å²) in [5, 5.41) is 20.1. The fraction of sp³-hybridized carbons (Fsp3) is 0.111. The monoisotopic (exact) mass is 386 g/mol. The van der Waals surface area contributed by atoms with Crippen LogP contribution in [0, 0.1) is 5.82 Å². The van der Waals surface area contributed by atoms with Crippen molar-refractivity contribution in [1.29, 1.82) is 0 Å². The Labute approximate surface area is 158 Å². The Kier molecular flexibility index (Phi) is 5.51. The van der Waals surface area contributed by atoms with Crippen molar-refractivity contribution in [2.45, 2.75) is 5.16 Å². The molecule has 0 spiro atoms. The van der Waals surface area contributed by atoms with Crippen molar-refractivity contribution >= 4 is 29.3 Å². The maximum absolute atomic E-state index is 13.9. The first kappa shape index (κ1) is 18.6. The normalized spacial score (nSPS) is 10.6. The number of rotatable bonds is 6. The third-order valence-electron chi connectivity index (χ3n) is 3.68. The summed E-state index contributed by atoms with van der Waals surface area (Å²) in [6.07, 6.45) is 0.